The molecule has 0 bridgehead atoms. The lowest BCUT2D eigenvalue weighted by Gasteiger charge is -2.11. The Morgan fingerprint density at radius 1 is 1.24 bits per heavy atom. The van der Waals surface area contributed by atoms with Gasteiger partial charge in [0.1, 0.15) is 11.6 Å². The molecule has 4 nitrogen and oxygen atoms in total. The fourth-order valence-electron chi connectivity index (χ4n) is 2.25. The molecule has 1 aromatic carbocycles. The minimum atomic E-state index is 0.605. The molecule has 0 radical (unpaired) electrons. The van der Waals surface area contributed by atoms with E-state index in [0.717, 1.165) is 26.5 Å². The molecule has 110 valence electrons. The molecule has 1 aliphatic rings. The van der Waals surface area contributed by atoms with Crippen molar-refractivity contribution in [3.8, 4) is 17.1 Å². The van der Waals surface area contributed by atoms with E-state index in [-0.39, 0.29) is 0 Å². The van der Waals surface area contributed by atoms with Gasteiger partial charge in [0, 0.05) is 18.5 Å². The summed E-state index contributed by atoms with van der Waals surface area (Å²) in [7, 11) is 1.91. The number of aromatic nitrogens is 2. The smallest absolute Gasteiger partial charge is 0.161 e. The maximum absolute atomic E-state index is 5.48. The maximum Gasteiger partial charge on any atom is 0.161 e. The second-order valence-corrected chi connectivity index (χ2v) is 6.16. The van der Waals surface area contributed by atoms with Crippen molar-refractivity contribution in [3.63, 3.8) is 0 Å². The highest BCUT2D eigenvalue weighted by Crippen LogP contribution is 2.42. The van der Waals surface area contributed by atoms with Crippen LogP contribution < -0.4 is 10.1 Å². The number of anilines is 1. The molecule has 3 rings (SSSR count). The minimum Gasteiger partial charge on any atom is -0.494 e. The summed E-state index contributed by atoms with van der Waals surface area (Å²) in [6, 6.07) is 7.97. The molecule has 1 aliphatic carbocycles. The molecule has 2 aromatic rings. The van der Waals surface area contributed by atoms with E-state index < -0.39 is 0 Å². The Hall–Kier alpha value is -1.37. The second-order valence-electron chi connectivity index (χ2n) is 5.08. The first-order valence-electron chi connectivity index (χ1n) is 7.21. The summed E-state index contributed by atoms with van der Waals surface area (Å²) in [6.07, 6.45) is 2.47. The van der Waals surface area contributed by atoms with Gasteiger partial charge in [0.05, 0.1) is 15.9 Å². The van der Waals surface area contributed by atoms with Gasteiger partial charge in [0.25, 0.3) is 0 Å². The molecule has 1 N–H and O–H groups in total. The lowest BCUT2D eigenvalue weighted by Crippen LogP contribution is -2.04. The standard InChI is InChI=1S/C16H18IN3O/c1-3-21-12-8-6-11(7-9-12)15-19-14(10-4-5-10)13(17)16(18-2)20-15/h6-10H,3-5H2,1-2H3,(H,18,19,20). The summed E-state index contributed by atoms with van der Waals surface area (Å²) in [6.45, 7) is 2.66. The van der Waals surface area contributed by atoms with Gasteiger partial charge in [-0.25, -0.2) is 9.97 Å². The van der Waals surface area contributed by atoms with Crippen LogP contribution in [0.5, 0.6) is 5.75 Å². The van der Waals surface area contributed by atoms with E-state index in [2.05, 4.69) is 32.9 Å². The zero-order valence-corrected chi connectivity index (χ0v) is 14.3. The maximum atomic E-state index is 5.48. The Morgan fingerprint density at radius 3 is 2.52 bits per heavy atom. The van der Waals surface area contributed by atoms with E-state index in [9.17, 15) is 0 Å². The fraction of sp³-hybridized carbons (Fsp3) is 0.375. The van der Waals surface area contributed by atoms with Crippen molar-refractivity contribution >= 4 is 28.4 Å². The molecule has 0 spiro atoms. The summed E-state index contributed by atoms with van der Waals surface area (Å²) in [5.74, 6) is 3.18. The highest BCUT2D eigenvalue weighted by molar-refractivity contribution is 14.1. The molecule has 0 saturated heterocycles. The van der Waals surface area contributed by atoms with Gasteiger partial charge >= 0.3 is 0 Å². The van der Waals surface area contributed by atoms with Crippen LogP contribution in [0.1, 0.15) is 31.4 Å². The van der Waals surface area contributed by atoms with Gasteiger partial charge in [-0.15, -0.1) is 0 Å². The summed E-state index contributed by atoms with van der Waals surface area (Å²) in [5.41, 5.74) is 2.20. The average Bonchev–Trinajstić information content (AvgIpc) is 3.33. The van der Waals surface area contributed by atoms with Gasteiger partial charge in [-0.1, -0.05) is 0 Å². The molecule has 21 heavy (non-hydrogen) atoms. The molecule has 0 atom stereocenters. The molecule has 1 fully saturated rings. The van der Waals surface area contributed by atoms with Crippen LogP contribution in [-0.4, -0.2) is 23.6 Å². The topological polar surface area (TPSA) is 47.0 Å². The molecule has 0 unspecified atom stereocenters. The summed E-state index contributed by atoms with van der Waals surface area (Å²) < 4.78 is 6.62. The van der Waals surface area contributed by atoms with Crippen LogP contribution in [0.15, 0.2) is 24.3 Å². The third-order valence-electron chi connectivity index (χ3n) is 3.50. The zero-order chi connectivity index (χ0) is 14.8. The third-order valence-corrected chi connectivity index (χ3v) is 4.56. The Kier molecular flexibility index (Phi) is 4.28. The Bertz CT molecular complexity index is 639. The van der Waals surface area contributed by atoms with Crippen LogP contribution >= 0.6 is 22.6 Å². The van der Waals surface area contributed by atoms with Crippen LogP contribution in [-0.2, 0) is 0 Å². The molecular formula is C16H18IN3O. The number of rotatable bonds is 5. The van der Waals surface area contributed by atoms with E-state index >= 15 is 0 Å². The Morgan fingerprint density at radius 2 is 1.95 bits per heavy atom. The highest BCUT2D eigenvalue weighted by atomic mass is 127. The van der Waals surface area contributed by atoms with Crippen LogP contribution in [0.4, 0.5) is 5.82 Å². The number of ether oxygens (including phenoxy) is 1. The third kappa shape index (κ3) is 3.12. The molecule has 1 aromatic heterocycles. The van der Waals surface area contributed by atoms with Crippen molar-refractivity contribution < 1.29 is 4.74 Å². The van der Waals surface area contributed by atoms with Crippen LogP contribution in [0.2, 0.25) is 0 Å². The van der Waals surface area contributed by atoms with Crippen molar-refractivity contribution in [2.24, 2.45) is 0 Å². The summed E-state index contributed by atoms with van der Waals surface area (Å²) in [5, 5.41) is 3.18. The minimum absolute atomic E-state index is 0.605. The Labute approximate surface area is 138 Å². The largest absolute Gasteiger partial charge is 0.494 e. The van der Waals surface area contributed by atoms with Crippen molar-refractivity contribution in [2.45, 2.75) is 25.7 Å². The highest BCUT2D eigenvalue weighted by Gasteiger charge is 2.29. The molecule has 0 aliphatic heterocycles. The van der Waals surface area contributed by atoms with Crippen LogP contribution in [0, 0.1) is 3.57 Å². The van der Waals surface area contributed by atoms with Gasteiger partial charge in [-0.05, 0) is 66.6 Å². The number of benzene rings is 1. The summed E-state index contributed by atoms with van der Waals surface area (Å²) in [4.78, 5) is 9.43. The summed E-state index contributed by atoms with van der Waals surface area (Å²) >= 11 is 2.34. The van der Waals surface area contributed by atoms with Crippen LogP contribution in [0.3, 0.4) is 0 Å². The predicted octanol–water partition coefficient (Wildman–Crippen LogP) is 4.07. The first-order chi connectivity index (χ1) is 10.2. The van der Waals surface area contributed by atoms with Gasteiger partial charge in [-0.2, -0.15) is 0 Å². The van der Waals surface area contributed by atoms with Crippen molar-refractivity contribution in [2.75, 3.05) is 19.0 Å². The lowest BCUT2D eigenvalue weighted by atomic mass is 10.2. The van der Waals surface area contributed by atoms with Gasteiger partial charge in [-0.3, -0.25) is 0 Å². The monoisotopic (exact) mass is 395 g/mol. The first-order valence-corrected chi connectivity index (χ1v) is 8.29. The second kappa shape index (κ2) is 6.17. The molecule has 5 heteroatoms. The van der Waals surface area contributed by atoms with E-state index in [1.807, 2.05) is 38.2 Å². The van der Waals surface area contributed by atoms with Crippen molar-refractivity contribution in [1.29, 1.82) is 0 Å². The normalized spacial score (nSPS) is 14.0. The van der Waals surface area contributed by atoms with E-state index in [0.29, 0.717) is 12.5 Å². The molecule has 0 amide bonds. The zero-order valence-electron chi connectivity index (χ0n) is 12.2. The number of nitrogens with zero attached hydrogens (tertiary/aromatic N) is 2. The Balaban J connectivity index is 1.99. The molecular weight excluding hydrogens is 377 g/mol. The van der Waals surface area contributed by atoms with Gasteiger partial charge < -0.3 is 10.1 Å². The average molecular weight is 395 g/mol. The van der Waals surface area contributed by atoms with E-state index in [1.54, 1.807) is 0 Å². The predicted molar refractivity (Wildman–Crippen MR) is 92.9 cm³/mol. The quantitative estimate of drug-likeness (QED) is 0.776. The number of halogens is 1. The SMILES string of the molecule is CCOc1ccc(-c2nc(NC)c(I)c(C3CC3)n2)cc1. The van der Waals surface area contributed by atoms with Crippen molar-refractivity contribution in [1.82, 2.24) is 9.97 Å². The van der Waals surface area contributed by atoms with Crippen molar-refractivity contribution in [3.05, 3.63) is 33.5 Å². The lowest BCUT2D eigenvalue weighted by molar-refractivity contribution is 0.340. The van der Waals surface area contributed by atoms with Crippen LogP contribution in [0.25, 0.3) is 11.4 Å². The van der Waals surface area contributed by atoms with E-state index in [1.165, 1.54) is 18.5 Å². The first kappa shape index (κ1) is 14.6. The number of hydrogen-bond donors (Lipinski definition) is 1. The molecule has 1 heterocycles. The molecule has 1 saturated carbocycles. The van der Waals surface area contributed by atoms with Gasteiger partial charge in [0.2, 0.25) is 0 Å². The van der Waals surface area contributed by atoms with E-state index in [4.69, 9.17) is 9.72 Å². The number of hydrogen-bond acceptors (Lipinski definition) is 4. The fourth-order valence-corrected chi connectivity index (χ4v) is 3.20. The van der Waals surface area contributed by atoms with Gasteiger partial charge in [0.15, 0.2) is 5.82 Å². The number of nitrogens with one attached hydrogen (secondary N) is 1.